The molecule has 5 unspecified atom stereocenters. The van der Waals surface area contributed by atoms with E-state index in [1.54, 1.807) is 0 Å². The van der Waals surface area contributed by atoms with E-state index >= 15 is 0 Å². The van der Waals surface area contributed by atoms with Gasteiger partial charge in [-0.15, -0.1) is 0 Å². The van der Waals surface area contributed by atoms with E-state index < -0.39 is 0 Å². The minimum absolute atomic E-state index is 1.06. The summed E-state index contributed by atoms with van der Waals surface area (Å²) in [5.41, 5.74) is 0. The van der Waals surface area contributed by atoms with Gasteiger partial charge in [0.15, 0.2) is 0 Å². The van der Waals surface area contributed by atoms with Gasteiger partial charge in [0.1, 0.15) is 0 Å². The lowest BCUT2D eigenvalue weighted by Crippen LogP contribution is -2.56. The third-order valence-electron chi connectivity index (χ3n) is 4.11. The SMILES string of the molecule is CCC1C(C)C2CC(C)C12. The first-order chi connectivity index (χ1) is 4.75. The Hall–Kier alpha value is 0. The highest BCUT2D eigenvalue weighted by molar-refractivity contribution is 5.03. The van der Waals surface area contributed by atoms with Crippen LogP contribution < -0.4 is 0 Å². The first-order valence-corrected chi connectivity index (χ1v) is 4.75. The van der Waals surface area contributed by atoms with Gasteiger partial charge in [-0.1, -0.05) is 27.2 Å². The molecule has 0 nitrogen and oxygen atoms in total. The Morgan fingerprint density at radius 3 is 2.40 bits per heavy atom. The van der Waals surface area contributed by atoms with Crippen LogP contribution in [0.25, 0.3) is 0 Å². The van der Waals surface area contributed by atoms with E-state index in [-0.39, 0.29) is 0 Å². The predicted molar refractivity (Wildman–Crippen MR) is 43.7 cm³/mol. The fourth-order valence-corrected chi connectivity index (χ4v) is 3.44. The summed E-state index contributed by atoms with van der Waals surface area (Å²) in [6.07, 6.45) is 2.95. The summed E-state index contributed by atoms with van der Waals surface area (Å²) >= 11 is 0. The molecule has 0 aromatic heterocycles. The molecule has 0 N–H and O–H groups in total. The first-order valence-electron chi connectivity index (χ1n) is 4.75. The van der Waals surface area contributed by atoms with Crippen molar-refractivity contribution in [3.05, 3.63) is 0 Å². The lowest BCUT2D eigenvalue weighted by atomic mass is 9.43. The Labute approximate surface area is 64.0 Å². The second-order valence-corrected chi connectivity index (χ2v) is 4.39. The smallest absolute Gasteiger partial charge is 0.0326 e. The number of fused-ring (bicyclic) bond motifs is 1. The maximum atomic E-state index is 2.45. The van der Waals surface area contributed by atoms with Crippen molar-refractivity contribution < 1.29 is 0 Å². The van der Waals surface area contributed by atoms with Crippen LogP contribution in [0.1, 0.15) is 33.6 Å². The third kappa shape index (κ3) is 0.580. The standard InChI is InChI=1S/C10H18/c1-4-8-7(3)9-5-6(2)10(8)9/h6-10H,4-5H2,1-3H3. The minimum Gasteiger partial charge on any atom is -0.0651 e. The molecule has 0 aliphatic heterocycles. The van der Waals surface area contributed by atoms with Gasteiger partial charge in [-0.3, -0.25) is 0 Å². The first kappa shape index (κ1) is 6.69. The highest BCUT2D eigenvalue weighted by atomic mass is 14.6. The van der Waals surface area contributed by atoms with Gasteiger partial charge >= 0.3 is 0 Å². The van der Waals surface area contributed by atoms with E-state index in [2.05, 4.69) is 20.8 Å². The van der Waals surface area contributed by atoms with Crippen LogP contribution in [0.3, 0.4) is 0 Å². The molecule has 2 fully saturated rings. The second kappa shape index (κ2) is 1.99. The van der Waals surface area contributed by atoms with Crippen molar-refractivity contribution in [3.8, 4) is 0 Å². The van der Waals surface area contributed by atoms with Crippen molar-refractivity contribution in [2.45, 2.75) is 33.6 Å². The molecule has 0 amide bonds. The molecule has 0 saturated heterocycles. The highest BCUT2D eigenvalue weighted by Gasteiger charge is 2.55. The van der Waals surface area contributed by atoms with E-state index in [0.29, 0.717) is 0 Å². The normalized spacial score (nSPS) is 58.5. The van der Waals surface area contributed by atoms with Crippen molar-refractivity contribution in [2.24, 2.45) is 29.6 Å². The highest BCUT2D eigenvalue weighted by Crippen LogP contribution is 2.62. The molecule has 0 radical (unpaired) electrons. The fourth-order valence-electron chi connectivity index (χ4n) is 3.44. The van der Waals surface area contributed by atoms with Crippen LogP contribution in [-0.4, -0.2) is 0 Å². The summed E-state index contributed by atoms with van der Waals surface area (Å²) in [7, 11) is 0. The maximum absolute atomic E-state index is 2.45. The average molecular weight is 138 g/mol. The monoisotopic (exact) mass is 138 g/mol. The lowest BCUT2D eigenvalue weighted by molar-refractivity contribution is -0.139. The molecular weight excluding hydrogens is 120 g/mol. The minimum atomic E-state index is 1.06. The van der Waals surface area contributed by atoms with Crippen LogP contribution >= 0.6 is 0 Å². The largest absolute Gasteiger partial charge is 0.0651 e. The van der Waals surface area contributed by atoms with Gasteiger partial charge in [-0.25, -0.2) is 0 Å². The molecule has 10 heavy (non-hydrogen) atoms. The van der Waals surface area contributed by atoms with Gasteiger partial charge in [0.2, 0.25) is 0 Å². The van der Waals surface area contributed by atoms with E-state index in [9.17, 15) is 0 Å². The van der Waals surface area contributed by atoms with Gasteiger partial charge in [0, 0.05) is 0 Å². The van der Waals surface area contributed by atoms with Crippen molar-refractivity contribution in [1.29, 1.82) is 0 Å². The van der Waals surface area contributed by atoms with Crippen molar-refractivity contribution in [3.63, 3.8) is 0 Å². The molecule has 2 aliphatic carbocycles. The summed E-state index contributed by atoms with van der Waals surface area (Å²) in [4.78, 5) is 0. The molecule has 58 valence electrons. The molecule has 0 aromatic rings. The van der Waals surface area contributed by atoms with Crippen LogP contribution in [0.2, 0.25) is 0 Å². The van der Waals surface area contributed by atoms with Crippen molar-refractivity contribution in [1.82, 2.24) is 0 Å². The Morgan fingerprint density at radius 2 is 2.00 bits per heavy atom. The van der Waals surface area contributed by atoms with Crippen molar-refractivity contribution >= 4 is 0 Å². The fraction of sp³-hybridized carbons (Fsp3) is 1.00. The molecule has 2 saturated carbocycles. The summed E-state index contributed by atoms with van der Waals surface area (Å²) in [6, 6.07) is 0. The van der Waals surface area contributed by atoms with Crippen LogP contribution in [0.4, 0.5) is 0 Å². The topological polar surface area (TPSA) is 0 Å². The van der Waals surface area contributed by atoms with E-state index in [1.165, 1.54) is 12.8 Å². The summed E-state index contributed by atoms with van der Waals surface area (Å²) in [5, 5.41) is 0. The van der Waals surface area contributed by atoms with E-state index in [0.717, 1.165) is 29.6 Å². The van der Waals surface area contributed by atoms with E-state index in [1.807, 2.05) is 0 Å². The van der Waals surface area contributed by atoms with Gasteiger partial charge in [-0.05, 0) is 36.0 Å². The van der Waals surface area contributed by atoms with Crippen LogP contribution in [0.15, 0.2) is 0 Å². The van der Waals surface area contributed by atoms with Gasteiger partial charge < -0.3 is 0 Å². The summed E-state index contributed by atoms with van der Waals surface area (Å²) in [6.45, 7) is 7.22. The maximum Gasteiger partial charge on any atom is -0.0326 e. The molecular formula is C10H18. The summed E-state index contributed by atoms with van der Waals surface area (Å²) in [5.74, 6) is 5.49. The quantitative estimate of drug-likeness (QED) is 0.522. The van der Waals surface area contributed by atoms with Gasteiger partial charge in [0.25, 0.3) is 0 Å². The Morgan fingerprint density at radius 1 is 1.30 bits per heavy atom. The average Bonchev–Trinajstić information content (AvgIpc) is 1.92. The van der Waals surface area contributed by atoms with Crippen LogP contribution in [0.5, 0.6) is 0 Å². The number of hydrogen-bond donors (Lipinski definition) is 0. The molecule has 0 aromatic carbocycles. The predicted octanol–water partition coefficient (Wildman–Crippen LogP) is 2.93. The Bertz CT molecular complexity index is 135. The summed E-state index contributed by atoms with van der Waals surface area (Å²) < 4.78 is 0. The molecule has 0 bridgehead atoms. The Kier molecular flexibility index (Phi) is 1.33. The van der Waals surface area contributed by atoms with E-state index in [4.69, 9.17) is 0 Å². The Balaban J connectivity index is 1.99. The zero-order valence-corrected chi connectivity index (χ0v) is 7.30. The molecule has 5 atom stereocenters. The van der Waals surface area contributed by atoms with Crippen LogP contribution in [0, 0.1) is 29.6 Å². The van der Waals surface area contributed by atoms with Crippen LogP contribution in [-0.2, 0) is 0 Å². The molecule has 2 rings (SSSR count). The third-order valence-corrected chi connectivity index (χ3v) is 4.11. The molecule has 0 heterocycles. The second-order valence-electron chi connectivity index (χ2n) is 4.39. The van der Waals surface area contributed by atoms with Gasteiger partial charge in [-0.2, -0.15) is 0 Å². The number of rotatable bonds is 1. The zero-order chi connectivity index (χ0) is 7.30. The molecule has 0 spiro atoms. The molecule has 0 heteroatoms. The zero-order valence-electron chi connectivity index (χ0n) is 7.30. The number of hydrogen-bond acceptors (Lipinski definition) is 0. The lowest BCUT2D eigenvalue weighted by Gasteiger charge is -2.62. The molecule has 2 aliphatic rings. The van der Waals surface area contributed by atoms with Gasteiger partial charge in [0.05, 0.1) is 0 Å². The van der Waals surface area contributed by atoms with Crippen molar-refractivity contribution in [2.75, 3.05) is 0 Å².